The number of hydrogen-bond donors (Lipinski definition) is 0. The summed E-state index contributed by atoms with van der Waals surface area (Å²) in [5.74, 6) is 0.177. The minimum absolute atomic E-state index is 0.0634. The molecule has 0 spiro atoms. The molecule has 1 saturated heterocycles. The van der Waals surface area contributed by atoms with Crippen LogP contribution in [0, 0.1) is 12.8 Å². The van der Waals surface area contributed by atoms with Crippen molar-refractivity contribution in [2.75, 3.05) is 31.2 Å². The van der Waals surface area contributed by atoms with Crippen LogP contribution in [0.5, 0.6) is 0 Å². The highest BCUT2D eigenvalue weighted by Crippen LogP contribution is 2.41. The zero-order valence-electron chi connectivity index (χ0n) is 17.3. The highest BCUT2D eigenvalue weighted by atomic mass is 16.5. The topological polar surface area (TPSA) is 41.9 Å². The van der Waals surface area contributed by atoms with E-state index >= 15 is 0 Å². The highest BCUT2D eigenvalue weighted by molar-refractivity contribution is 5.95. The van der Waals surface area contributed by atoms with Gasteiger partial charge in [0.2, 0.25) is 5.91 Å². The second kappa shape index (κ2) is 8.04. The summed E-state index contributed by atoms with van der Waals surface area (Å²) in [6.45, 7) is 5.73. The van der Waals surface area contributed by atoms with Gasteiger partial charge in [0.25, 0.3) is 0 Å². The Balaban J connectivity index is 1.38. The average Bonchev–Trinajstić information content (AvgIpc) is 3.25. The van der Waals surface area contributed by atoms with E-state index in [0.717, 1.165) is 38.3 Å². The number of amides is 1. The summed E-state index contributed by atoms with van der Waals surface area (Å²) >= 11 is 0. The molecule has 2 heterocycles. The number of carbonyl (C=O) groups excluding carboxylic acids is 1. The van der Waals surface area contributed by atoms with E-state index in [0.29, 0.717) is 6.42 Å². The maximum atomic E-state index is 11.8. The number of rotatable bonds is 4. The fourth-order valence-corrected chi connectivity index (χ4v) is 4.80. The first-order valence-electron chi connectivity index (χ1n) is 10.7. The third-order valence-electron chi connectivity index (χ3n) is 6.30. The van der Waals surface area contributed by atoms with Crippen molar-refractivity contribution in [3.05, 3.63) is 88.1 Å². The van der Waals surface area contributed by atoms with Gasteiger partial charge in [-0.05, 0) is 58.9 Å². The summed E-state index contributed by atoms with van der Waals surface area (Å²) in [6.07, 6.45) is 15.9. The van der Waals surface area contributed by atoms with Crippen molar-refractivity contribution >= 4 is 17.8 Å². The van der Waals surface area contributed by atoms with E-state index in [1.807, 2.05) is 6.08 Å². The van der Waals surface area contributed by atoms with Crippen LogP contribution in [0.15, 0.2) is 81.9 Å². The first-order chi connectivity index (χ1) is 14.7. The van der Waals surface area contributed by atoms with Gasteiger partial charge in [-0.2, -0.15) is 0 Å². The van der Waals surface area contributed by atoms with Crippen molar-refractivity contribution < 1.29 is 9.53 Å². The van der Waals surface area contributed by atoms with E-state index in [9.17, 15) is 4.79 Å². The number of benzene rings is 1. The molecule has 4 heteroatoms. The molecule has 1 aromatic rings. The van der Waals surface area contributed by atoms with Gasteiger partial charge >= 0.3 is 0 Å². The second-order valence-corrected chi connectivity index (χ2v) is 8.24. The maximum absolute atomic E-state index is 11.8. The Bertz CT molecular complexity index is 1060. The quantitative estimate of drug-likeness (QED) is 0.760. The molecule has 2 aliphatic carbocycles. The number of fused-ring (bicyclic) bond motifs is 1. The number of anilines is 1. The zero-order valence-corrected chi connectivity index (χ0v) is 17.3. The number of hydrogen-bond acceptors (Lipinski definition) is 3. The largest absolute Gasteiger partial charge is 0.378 e. The first-order valence-corrected chi connectivity index (χ1v) is 10.7. The molecule has 0 radical (unpaired) electrons. The fraction of sp³-hybridized carbons (Fsp3) is 0.308. The zero-order chi connectivity index (χ0) is 20.5. The van der Waals surface area contributed by atoms with Crippen LogP contribution < -0.4 is 4.90 Å². The van der Waals surface area contributed by atoms with Crippen LogP contribution in [0.2, 0.25) is 0 Å². The van der Waals surface area contributed by atoms with Gasteiger partial charge in [0, 0.05) is 30.9 Å². The molecule has 0 aromatic heterocycles. The van der Waals surface area contributed by atoms with Gasteiger partial charge in [-0.15, -0.1) is 0 Å². The summed E-state index contributed by atoms with van der Waals surface area (Å²) in [5, 5.41) is 0. The van der Waals surface area contributed by atoms with E-state index in [-0.39, 0.29) is 11.8 Å². The molecule has 30 heavy (non-hydrogen) atoms. The Labute approximate surface area is 177 Å². The molecule has 152 valence electrons. The van der Waals surface area contributed by atoms with Crippen molar-refractivity contribution in [2.24, 2.45) is 10.9 Å². The normalized spacial score (nSPS) is 23.0. The third-order valence-corrected chi connectivity index (χ3v) is 6.30. The number of morpholine rings is 1. The Hall–Kier alpha value is -2.98. The lowest BCUT2D eigenvalue weighted by Gasteiger charge is -2.30. The van der Waals surface area contributed by atoms with Crippen LogP contribution >= 0.6 is 0 Å². The Morgan fingerprint density at radius 1 is 1.10 bits per heavy atom. The van der Waals surface area contributed by atoms with Gasteiger partial charge in [0.1, 0.15) is 0 Å². The standard InChI is InChI=1S/C26H26N2O2/c1-18-15-19(5-8-25(18)28-11-13-30-14-12-28)16-20-6-7-23(24-4-2-3-22(20)24)21-9-10-27-26(29)17-21/h2-10,15,24H,11-14,16-17H2,1H3. The number of dihydropyridines is 1. The second-order valence-electron chi connectivity index (χ2n) is 8.24. The molecule has 1 fully saturated rings. The molecule has 1 unspecified atom stereocenters. The van der Waals surface area contributed by atoms with Crippen LogP contribution in [0.25, 0.3) is 0 Å². The van der Waals surface area contributed by atoms with E-state index < -0.39 is 0 Å². The van der Waals surface area contributed by atoms with Crippen LogP contribution in [0.1, 0.15) is 17.5 Å². The number of aryl methyl sites for hydroxylation is 1. The minimum Gasteiger partial charge on any atom is -0.378 e. The molecule has 0 saturated carbocycles. The Morgan fingerprint density at radius 3 is 2.77 bits per heavy atom. The van der Waals surface area contributed by atoms with Crippen LogP contribution in [0.4, 0.5) is 5.69 Å². The molecule has 5 rings (SSSR count). The van der Waals surface area contributed by atoms with Gasteiger partial charge in [-0.1, -0.05) is 42.5 Å². The van der Waals surface area contributed by atoms with E-state index in [2.05, 4.69) is 65.4 Å². The fourth-order valence-electron chi connectivity index (χ4n) is 4.80. The van der Waals surface area contributed by atoms with Crippen molar-refractivity contribution in [3.63, 3.8) is 0 Å². The van der Waals surface area contributed by atoms with E-state index in [4.69, 9.17) is 4.74 Å². The highest BCUT2D eigenvalue weighted by Gasteiger charge is 2.28. The van der Waals surface area contributed by atoms with Gasteiger partial charge in [-0.3, -0.25) is 4.79 Å². The molecule has 0 bridgehead atoms. The molecule has 4 aliphatic rings. The Morgan fingerprint density at radius 2 is 1.97 bits per heavy atom. The van der Waals surface area contributed by atoms with Gasteiger partial charge < -0.3 is 9.64 Å². The minimum atomic E-state index is -0.0634. The van der Waals surface area contributed by atoms with Gasteiger partial charge in [0.15, 0.2) is 0 Å². The van der Waals surface area contributed by atoms with Crippen molar-refractivity contribution in [1.29, 1.82) is 0 Å². The molecule has 4 nitrogen and oxygen atoms in total. The third kappa shape index (κ3) is 3.63. The monoisotopic (exact) mass is 398 g/mol. The molecular weight excluding hydrogens is 372 g/mol. The summed E-state index contributed by atoms with van der Waals surface area (Å²) < 4.78 is 5.49. The molecular formula is C26H26N2O2. The molecule has 1 atom stereocenters. The number of allylic oxidation sites excluding steroid dienone is 9. The summed E-state index contributed by atoms with van der Waals surface area (Å²) in [6, 6.07) is 6.84. The van der Waals surface area contributed by atoms with E-state index in [1.54, 1.807) is 6.21 Å². The molecule has 1 amide bonds. The lowest BCUT2D eigenvalue weighted by molar-refractivity contribution is -0.117. The van der Waals surface area contributed by atoms with Crippen LogP contribution in [0.3, 0.4) is 0 Å². The number of ether oxygens (including phenoxy) is 1. The van der Waals surface area contributed by atoms with Crippen molar-refractivity contribution in [2.45, 2.75) is 19.8 Å². The van der Waals surface area contributed by atoms with Crippen molar-refractivity contribution in [1.82, 2.24) is 0 Å². The van der Waals surface area contributed by atoms with E-state index in [1.165, 1.54) is 33.5 Å². The molecule has 2 aliphatic heterocycles. The number of aliphatic imine (C=N–C) groups is 1. The average molecular weight is 399 g/mol. The van der Waals surface area contributed by atoms with Crippen molar-refractivity contribution in [3.8, 4) is 0 Å². The smallest absolute Gasteiger partial charge is 0.250 e. The van der Waals surface area contributed by atoms with Crippen LogP contribution in [-0.2, 0) is 16.0 Å². The lowest BCUT2D eigenvalue weighted by atomic mass is 9.78. The predicted octanol–water partition coefficient (Wildman–Crippen LogP) is 4.28. The van der Waals surface area contributed by atoms with Crippen LogP contribution in [-0.4, -0.2) is 38.4 Å². The first kappa shape index (κ1) is 19.0. The number of nitrogens with zero attached hydrogens (tertiary/aromatic N) is 2. The summed E-state index contributed by atoms with van der Waals surface area (Å²) in [4.78, 5) is 18.0. The Kier molecular flexibility index (Phi) is 5.09. The van der Waals surface area contributed by atoms with Gasteiger partial charge in [-0.25, -0.2) is 4.99 Å². The lowest BCUT2D eigenvalue weighted by Crippen LogP contribution is -2.36. The molecule has 0 N–H and O–H groups in total. The molecule has 1 aromatic carbocycles. The maximum Gasteiger partial charge on any atom is 0.250 e. The summed E-state index contributed by atoms with van der Waals surface area (Å²) in [7, 11) is 0. The summed E-state index contributed by atoms with van der Waals surface area (Å²) in [5.41, 5.74) is 8.97. The SMILES string of the molecule is Cc1cc(CC2=CC=C(C3=CC=NC(=O)C3)C3C=CC=C23)ccc1N1CCOCC1. The number of carbonyl (C=O) groups is 1. The predicted molar refractivity (Wildman–Crippen MR) is 121 cm³/mol. The van der Waals surface area contributed by atoms with Gasteiger partial charge in [0.05, 0.1) is 19.6 Å².